The van der Waals surface area contributed by atoms with Gasteiger partial charge in [-0.2, -0.15) is 5.26 Å². The highest BCUT2D eigenvalue weighted by atomic mass is 32.2. The second-order valence-corrected chi connectivity index (χ2v) is 6.56. The van der Waals surface area contributed by atoms with Crippen LogP contribution in [0.4, 0.5) is 5.00 Å². The Morgan fingerprint density at radius 1 is 1.35 bits per heavy atom. The Morgan fingerprint density at radius 3 is 2.75 bits per heavy atom. The van der Waals surface area contributed by atoms with Crippen molar-refractivity contribution in [3.8, 4) is 6.07 Å². The van der Waals surface area contributed by atoms with Gasteiger partial charge in [-0.3, -0.25) is 9.52 Å². The van der Waals surface area contributed by atoms with Crippen molar-refractivity contribution < 1.29 is 13.2 Å². The second-order valence-electron chi connectivity index (χ2n) is 3.96. The molecule has 0 spiro atoms. The molecule has 1 heterocycles. The summed E-state index contributed by atoms with van der Waals surface area (Å²) >= 11 is 1.13. The van der Waals surface area contributed by atoms with Crippen LogP contribution in [0.1, 0.15) is 22.8 Å². The Kier molecular flexibility index (Phi) is 3.88. The maximum absolute atomic E-state index is 12.2. The molecule has 2 rings (SSSR count). The first-order valence-corrected chi connectivity index (χ1v) is 7.92. The van der Waals surface area contributed by atoms with Crippen molar-refractivity contribution in [2.24, 2.45) is 0 Å². The first-order chi connectivity index (χ1) is 9.44. The van der Waals surface area contributed by atoms with Crippen LogP contribution in [0.3, 0.4) is 0 Å². The maximum atomic E-state index is 12.2. The van der Waals surface area contributed by atoms with Gasteiger partial charge in [-0.25, -0.2) is 8.42 Å². The fraction of sp³-hybridized carbons (Fsp3) is 0.0769. The third-order valence-corrected chi connectivity index (χ3v) is 4.87. The smallest absolute Gasteiger partial charge is 0.262 e. The zero-order valence-corrected chi connectivity index (χ0v) is 12.1. The molecule has 0 aliphatic heterocycles. The van der Waals surface area contributed by atoms with E-state index in [1.165, 1.54) is 31.2 Å². The average Bonchev–Trinajstić information content (AvgIpc) is 2.85. The van der Waals surface area contributed by atoms with E-state index in [1.807, 2.05) is 6.07 Å². The number of hydrogen-bond acceptors (Lipinski definition) is 5. The largest absolute Gasteiger partial charge is 0.295 e. The summed E-state index contributed by atoms with van der Waals surface area (Å²) in [7, 11) is -3.81. The van der Waals surface area contributed by atoms with E-state index in [0.717, 1.165) is 11.3 Å². The SMILES string of the molecule is CC(=O)c1cccc(S(=O)(=O)Nc2sccc2C#N)c1. The number of thiophene rings is 1. The van der Waals surface area contributed by atoms with Gasteiger partial charge in [0, 0.05) is 5.56 Å². The minimum absolute atomic E-state index is 0.0116. The summed E-state index contributed by atoms with van der Waals surface area (Å²) in [6.45, 7) is 1.37. The van der Waals surface area contributed by atoms with E-state index in [2.05, 4.69) is 4.72 Å². The third-order valence-electron chi connectivity index (χ3n) is 2.56. The van der Waals surface area contributed by atoms with Crippen LogP contribution in [0.25, 0.3) is 0 Å². The molecule has 0 atom stereocenters. The quantitative estimate of drug-likeness (QED) is 0.880. The summed E-state index contributed by atoms with van der Waals surface area (Å²) in [5, 5.41) is 10.8. The zero-order valence-electron chi connectivity index (χ0n) is 10.5. The fourth-order valence-electron chi connectivity index (χ4n) is 1.54. The molecule has 2 aromatic rings. The molecule has 0 saturated carbocycles. The number of Topliss-reactive ketones (excluding diaryl/α,β-unsaturated/α-hetero) is 1. The lowest BCUT2D eigenvalue weighted by Crippen LogP contribution is -2.13. The Hall–Kier alpha value is -2.17. The molecule has 0 unspecified atom stereocenters. The van der Waals surface area contributed by atoms with Crippen molar-refractivity contribution >= 4 is 32.1 Å². The van der Waals surface area contributed by atoms with Gasteiger partial charge in [-0.1, -0.05) is 12.1 Å². The molecule has 20 heavy (non-hydrogen) atoms. The van der Waals surface area contributed by atoms with Crippen LogP contribution in [0.2, 0.25) is 0 Å². The molecule has 0 aliphatic carbocycles. The molecule has 0 bridgehead atoms. The predicted molar refractivity (Wildman–Crippen MR) is 76.3 cm³/mol. The van der Waals surface area contributed by atoms with Crippen molar-refractivity contribution in [3.05, 3.63) is 46.8 Å². The molecule has 0 radical (unpaired) electrons. The average molecular weight is 306 g/mol. The highest BCUT2D eigenvalue weighted by molar-refractivity contribution is 7.93. The monoisotopic (exact) mass is 306 g/mol. The van der Waals surface area contributed by atoms with Crippen LogP contribution in [0, 0.1) is 11.3 Å². The Balaban J connectivity index is 2.39. The van der Waals surface area contributed by atoms with Crippen molar-refractivity contribution in [1.82, 2.24) is 0 Å². The van der Waals surface area contributed by atoms with Crippen molar-refractivity contribution in [1.29, 1.82) is 5.26 Å². The molecule has 1 N–H and O–H groups in total. The van der Waals surface area contributed by atoms with Gasteiger partial charge in [-0.15, -0.1) is 11.3 Å². The molecule has 0 fully saturated rings. The van der Waals surface area contributed by atoms with Gasteiger partial charge in [0.15, 0.2) is 5.78 Å². The Bertz CT molecular complexity index is 801. The second kappa shape index (κ2) is 5.45. The molecule has 1 aromatic carbocycles. The molecular formula is C13H10N2O3S2. The standard InChI is InChI=1S/C13H10N2O3S2/c1-9(16)10-3-2-4-12(7-10)20(17,18)15-13-11(8-14)5-6-19-13/h2-7,15H,1H3. The maximum Gasteiger partial charge on any atom is 0.262 e. The van der Waals surface area contributed by atoms with Crippen LogP contribution < -0.4 is 4.72 Å². The topological polar surface area (TPSA) is 87.0 Å². The number of hydrogen-bond donors (Lipinski definition) is 1. The van der Waals surface area contributed by atoms with E-state index in [-0.39, 0.29) is 21.2 Å². The van der Waals surface area contributed by atoms with Gasteiger partial charge in [0.25, 0.3) is 10.0 Å². The highest BCUT2D eigenvalue weighted by Gasteiger charge is 2.17. The van der Waals surface area contributed by atoms with Gasteiger partial charge in [-0.05, 0) is 30.5 Å². The van der Waals surface area contributed by atoms with E-state index in [0.29, 0.717) is 5.56 Å². The number of rotatable bonds is 4. The summed E-state index contributed by atoms with van der Waals surface area (Å²) in [4.78, 5) is 11.3. The normalized spacial score (nSPS) is 10.8. The molecule has 0 saturated heterocycles. The number of nitrogens with zero attached hydrogens (tertiary/aromatic N) is 1. The fourth-order valence-corrected chi connectivity index (χ4v) is 3.65. The van der Waals surface area contributed by atoms with Gasteiger partial charge in [0.05, 0.1) is 10.5 Å². The zero-order chi connectivity index (χ0) is 14.8. The summed E-state index contributed by atoms with van der Waals surface area (Å²) in [6, 6.07) is 9.21. The molecule has 1 aromatic heterocycles. The van der Waals surface area contributed by atoms with Crippen molar-refractivity contribution in [2.45, 2.75) is 11.8 Å². The van der Waals surface area contributed by atoms with E-state index >= 15 is 0 Å². The van der Waals surface area contributed by atoms with Gasteiger partial charge in [0.2, 0.25) is 0 Å². The number of ketones is 1. The van der Waals surface area contributed by atoms with E-state index in [4.69, 9.17) is 5.26 Å². The number of nitriles is 1. The first-order valence-electron chi connectivity index (χ1n) is 5.55. The highest BCUT2D eigenvalue weighted by Crippen LogP contribution is 2.25. The number of anilines is 1. The first kappa shape index (κ1) is 14.2. The molecule has 0 amide bonds. The molecule has 7 heteroatoms. The number of sulfonamides is 1. The lowest BCUT2D eigenvalue weighted by molar-refractivity contribution is 0.101. The number of carbonyl (C=O) groups excluding carboxylic acids is 1. The lowest BCUT2D eigenvalue weighted by Gasteiger charge is -2.07. The van der Waals surface area contributed by atoms with Gasteiger partial charge >= 0.3 is 0 Å². The van der Waals surface area contributed by atoms with Crippen LogP contribution in [-0.2, 0) is 10.0 Å². The minimum atomic E-state index is -3.81. The van der Waals surface area contributed by atoms with Gasteiger partial charge in [0.1, 0.15) is 11.1 Å². The molecular weight excluding hydrogens is 296 g/mol. The van der Waals surface area contributed by atoms with Crippen molar-refractivity contribution in [3.63, 3.8) is 0 Å². The molecule has 0 aliphatic rings. The minimum Gasteiger partial charge on any atom is -0.295 e. The number of benzene rings is 1. The summed E-state index contributed by atoms with van der Waals surface area (Å²) in [5.74, 6) is -0.212. The lowest BCUT2D eigenvalue weighted by atomic mass is 10.2. The summed E-state index contributed by atoms with van der Waals surface area (Å²) in [5.41, 5.74) is 0.584. The third kappa shape index (κ3) is 2.87. The predicted octanol–water partition coefficient (Wildman–Crippen LogP) is 2.62. The number of carbonyl (C=O) groups is 1. The summed E-state index contributed by atoms with van der Waals surface area (Å²) in [6.07, 6.45) is 0. The van der Waals surface area contributed by atoms with Crippen LogP contribution >= 0.6 is 11.3 Å². The molecule has 5 nitrogen and oxygen atoms in total. The van der Waals surface area contributed by atoms with Crippen LogP contribution in [0.15, 0.2) is 40.6 Å². The number of nitrogens with one attached hydrogen (secondary N) is 1. The van der Waals surface area contributed by atoms with E-state index < -0.39 is 10.0 Å². The van der Waals surface area contributed by atoms with Crippen molar-refractivity contribution in [2.75, 3.05) is 4.72 Å². The van der Waals surface area contributed by atoms with Crippen LogP contribution in [0.5, 0.6) is 0 Å². The Labute approximate surface area is 120 Å². The van der Waals surface area contributed by atoms with Gasteiger partial charge < -0.3 is 0 Å². The molecule has 102 valence electrons. The van der Waals surface area contributed by atoms with E-state index in [1.54, 1.807) is 11.4 Å². The summed E-state index contributed by atoms with van der Waals surface area (Å²) < 4.78 is 26.8. The van der Waals surface area contributed by atoms with E-state index in [9.17, 15) is 13.2 Å². The van der Waals surface area contributed by atoms with Crippen LogP contribution in [-0.4, -0.2) is 14.2 Å². The Morgan fingerprint density at radius 2 is 2.10 bits per heavy atom.